The number of rotatable bonds is 6. The lowest BCUT2D eigenvalue weighted by molar-refractivity contribution is -0.0315. The van der Waals surface area contributed by atoms with Crippen LogP contribution in [0.2, 0.25) is 0 Å². The Hall–Kier alpha value is -0.340. The van der Waals surface area contributed by atoms with Crippen molar-refractivity contribution < 1.29 is 10.2 Å². The zero-order valence-corrected chi connectivity index (χ0v) is 8.08. The minimum Gasteiger partial charge on any atom is -0.396 e. The Morgan fingerprint density at radius 2 is 2.00 bits per heavy atom. The van der Waals surface area contributed by atoms with Gasteiger partial charge in [0, 0.05) is 6.61 Å². The maximum absolute atomic E-state index is 10.0. The molecule has 0 saturated heterocycles. The van der Waals surface area contributed by atoms with Gasteiger partial charge < -0.3 is 10.2 Å². The van der Waals surface area contributed by atoms with E-state index in [1.54, 1.807) is 6.08 Å². The van der Waals surface area contributed by atoms with Crippen LogP contribution in [0.1, 0.15) is 33.1 Å². The Labute approximate surface area is 74.9 Å². The molecule has 1 atom stereocenters. The molecule has 0 amide bonds. The number of aliphatic hydroxyl groups excluding tert-OH is 1. The second-order valence-electron chi connectivity index (χ2n) is 3.56. The molecule has 0 aliphatic carbocycles. The van der Waals surface area contributed by atoms with Crippen LogP contribution in [0.25, 0.3) is 0 Å². The summed E-state index contributed by atoms with van der Waals surface area (Å²) < 4.78 is 0. The van der Waals surface area contributed by atoms with Crippen LogP contribution >= 0.6 is 0 Å². The molecule has 72 valence electrons. The largest absolute Gasteiger partial charge is 0.396 e. The van der Waals surface area contributed by atoms with Gasteiger partial charge in [0.25, 0.3) is 0 Å². The van der Waals surface area contributed by atoms with Crippen LogP contribution in [0.15, 0.2) is 12.7 Å². The quantitative estimate of drug-likeness (QED) is 0.599. The van der Waals surface area contributed by atoms with Crippen molar-refractivity contribution in [2.75, 3.05) is 6.61 Å². The molecule has 0 saturated carbocycles. The lowest BCUT2D eigenvalue weighted by atomic mass is 9.83. The molecule has 0 aromatic carbocycles. The molecule has 0 aromatic rings. The Balaban J connectivity index is 4.07. The van der Waals surface area contributed by atoms with Gasteiger partial charge in [-0.25, -0.2) is 0 Å². The van der Waals surface area contributed by atoms with Crippen LogP contribution in [0.3, 0.4) is 0 Å². The average molecular weight is 172 g/mol. The van der Waals surface area contributed by atoms with E-state index in [0.29, 0.717) is 12.8 Å². The Morgan fingerprint density at radius 1 is 1.42 bits per heavy atom. The van der Waals surface area contributed by atoms with Crippen LogP contribution in [-0.4, -0.2) is 22.4 Å². The highest BCUT2D eigenvalue weighted by Crippen LogP contribution is 2.26. The fourth-order valence-electron chi connectivity index (χ4n) is 1.25. The van der Waals surface area contributed by atoms with Gasteiger partial charge in [-0.3, -0.25) is 0 Å². The van der Waals surface area contributed by atoms with Gasteiger partial charge in [0.05, 0.1) is 5.60 Å². The fourth-order valence-corrected chi connectivity index (χ4v) is 1.25. The topological polar surface area (TPSA) is 40.5 Å². The molecule has 0 bridgehead atoms. The molecule has 0 aliphatic heterocycles. The first-order chi connectivity index (χ1) is 5.56. The van der Waals surface area contributed by atoms with Gasteiger partial charge in [-0.15, -0.1) is 6.58 Å². The van der Waals surface area contributed by atoms with Crippen molar-refractivity contribution >= 4 is 0 Å². The molecular formula is C10H20O2. The predicted octanol–water partition coefficient (Wildman–Crippen LogP) is 1.72. The summed E-state index contributed by atoms with van der Waals surface area (Å²) in [7, 11) is 0. The summed E-state index contributed by atoms with van der Waals surface area (Å²) in [6.45, 7) is 7.60. The Morgan fingerprint density at radius 3 is 2.33 bits per heavy atom. The molecule has 0 aliphatic rings. The molecule has 0 aromatic heterocycles. The third-order valence-corrected chi connectivity index (χ3v) is 2.40. The Kier molecular flexibility index (Phi) is 5.18. The molecule has 0 rings (SSSR count). The predicted molar refractivity (Wildman–Crippen MR) is 50.9 cm³/mol. The van der Waals surface area contributed by atoms with E-state index in [1.165, 1.54) is 0 Å². The van der Waals surface area contributed by atoms with Crippen LogP contribution in [0, 0.1) is 5.92 Å². The number of aliphatic hydroxyl groups is 2. The number of allylic oxidation sites excluding steroid dienone is 1. The average Bonchev–Trinajstić information content (AvgIpc) is 2.01. The van der Waals surface area contributed by atoms with Gasteiger partial charge in [0.1, 0.15) is 0 Å². The van der Waals surface area contributed by atoms with Crippen molar-refractivity contribution in [1.82, 2.24) is 0 Å². The zero-order chi connectivity index (χ0) is 9.61. The first-order valence-corrected chi connectivity index (χ1v) is 4.51. The first kappa shape index (κ1) is 11.7. The molecule has 2 N–H and O–H groups in total. The number of hydrogen-bond acceptors (Lipinski definition) is 2. The molecule has 0 fully saturated rings. The fraction of sp³-hybridized carbons (Fsp3) is 0.800. The van der Waals surface area contributed by atoms with E-state index in [1.807, 2.05) is 13.8 Å². The minimum absolute atomic E-state index is 0.0474. The van der Waals surface area contributed by atoms with Gasteiger partial charge in [-0.1, -0.05) is 19.9 Å². The molecule has 0 radical (unpaired) electrons. The van der Waals surface area contributed by atoms with Crippen molar-refractivity contribution in [3.8, 4) is 0 Å². The van der Waals surface area contributed by atoms with Crippen LogP contribution in [0.5, 0.6) is 0 Å². The highest BCUT2D eigenvalue weighted by Gasteiger charge is 2.28. The summed E-state index contributed by atoms with van der Waals surface area (Å²) in [5.74, 6) is 0.185. The van der Waals surface area contributed by atoms with Gasteiger partial charge in [0.2, 0.25) is 0 Å². The van der Waals surface area contributed by atoms with E-state index in [9.17, 15) is 5.11 Å². The van der Waals surface area contributed by atoms with Crippen molar-refractivity contribution in [3.63, 3.8) is 0 Å². The van der Waals surface area contributed by atoms with Crippen molar-refractivity contribution in [3.05, 3.63) is 12.7 Å². The SMILES string of the molecule is C=CCC[C@](O)(CCO)C(C)C. The van der Waals surface area contributed by atoms with Crippen molar-refractivity contribution in [2.45, 2.75) is 38.7 Å². The molecule has 0 heterocycles. The minimum atomic E-state index is -0.719. The van der Waals surface area contributed by atoms with Crippen LogP contribution in [0.4, 0.5) is 0 Å². The summed E-state index contributed by atoms with van der Waals surface area (Å²) in [6.07, 6.45) is 3.74. The maximum atomic E-state index is 10.0. The summed E-state index contributed by atoms with van der Waals surface area (Å²) in [6, 6.07) is 0. The van der Waals surface area contributed by atoms with Gasteiger partial charge in [-0.2, -0.15) is 0 Å². The maximum Gasteiger partial charge on any atom is 0.0695 e. The van der Waals surface area contributed by atoms with Crippen molar-refractivity contribution in [2.24, 2.45) is 5.92 Å². The highest BCUT2D eigenvalue weighted by atomic mass is 16.3. The lowest BCUT2D eigenvalue weighted by Crippen LogP contribution is -2.35. The smallest absolute Gasteiger partial charge is 0.0695 e. The zero-order valence-electron chi connectivity index (χ0n) is 8.08. The normalized spacial score (nSPS) is 16.1. The number of hydrogen-bond donors (Lipinski definition) is 2. The second-order valence-corrected chi connectivity index (χ2v) is 3.56. The first-order valence-electron chi connectivity index (χ1n) is 4.51. The summed E-state index contributed by atoms with van der Waals surface area (Å²) in [4.78, 5) is 0. The van der Waals surface area contributed by atoms with Gasteiger partial charge in [-0.05, 0) is 25.2 Å². The molecule has 2 nitrogen and oxygen atoms in total. The van der Waals surface area contributed by atoms with E-state index >= 15 is 0 Å². The van der Waals surface area contributed by atoms with E-state index < -0.39 is 5.60 Å². The van der Waals surface area contributed by atoms with E-state index in [2.05, 4.69) is 6.58 Å². The summed E-state index contributed by atoms with van der Waals surface area (Å²) in [5, 5.41) is 18.8. The van der Waals surface area contributed by atoms with Gasteiger partial charge >= 0.3 is 0 Å². The van der Waals surface area contributed by atoms with Crippen molar-refractivity contribution in [1.29, 1.82) is 0 Å². The lowest BCUT2D eigenvalue weighted by Gasteiger charge is -2.31. The third kappa shape index (κ3) is 3.37. The molecule has 0 unspecified atom stereocenters. The van der Waals surface area contributed by atoms with Crippen LogP contribution in [-0.2, 0) is 0 Å². The second kappa shape index (κ2) is 5.33. The summed E-state index contributed by atoms with van der Waals surface area (Å²) >= 11 is 0. The molecular weight excluding hydrogens is 152 g/mol. The monoisotopic (exact) mass is 172 g/mol. The van der Waals surface area contributed by atoms with E-state index in [0.717, 1.165) is 6.42 Å². The van der Waals surface area contributed by atoms with E-state index in [4.69, 9.17) is 5.11 Å². The highest BCUT2D eigenvalue weighted by molar-refractivity contribution is 4.84. The molecule has 0 spiro atoms. The third-order valence-electron chi connectivity index (χ3n) is 2.40. The molecule has 2 heteroatoms. The standard InChI is InChI=1S/C10H20O2/c1-4-5-6-10(12,7-8-11)9(2)3/h4,9,11-12H,1,5-8H2,2-3H3/t10-/m0/s1. The van der Waals surface area contributed by atoms with E-state index in [-0.39, 0.29) is 12.5 Å². The Bertz CT molecular complexity index is 132. The summed E-state index contributed by atoms with van der Waals surface area (Å²) in [5.41, 5.74) is -0.719. The van der Waals surface area contributed by atoms with Crippen LogP contribution < -0.4 is 0 Å². The molecule has 12 heavy (non-hydrogen) atoms. The van der Waals surface area contributed by atoms with Gasteiger partial charge in [0.15, 0.2) is 0 Å².